The molecule has 180 valence electrons. The van der Waals surface area contributed by atoms with Crippen LogP contribution in [0.1, 0.15) is 64.9 Å². The molecule has 8 heteroatoms. The molecule has 0 fully saturated rings. The first-order valence-corrected chi connectivity index (χ1v) is 11.3. The van der Waals surface area contributed by atoms with Crippen LogP contribution in [0, 0.1) is 0 Å². The standard InChI is InChI=1S/C24H39N3O5/c1-24(2,3)32-23(30)26-17-11-10-15-19(25)21(28)27-20(22(29)31-4)16-9-8-14-18-12-6-5-7-13-18/h5-7,12-13,19-20H,8-11,14-17,25H2,1-4H3,(H,26,30)(H,27,28)/t19-,20-/m0/s1. The largest absolute Gasteiger partial charge is 0.467 e. The monoisotopic (exact) mass is 449 g/mol. The van der Waals surface area contributed by atoms with Crippen molar-refractivity contribution in [2.24, 2.45) is 5.73 Å². The van der Waals surface area contributed by atoms with E-state index in [1.54, 1.807) is 20.8 Å². The number of hydrogen-bond donors (Lipinski definition) is 3. The van der Waals surface area contributed by atoms with E-state index in [4.69, 9.17) is 15.2 Å². The highest BCUT2D eigenvalue weighted by Gasteiger charge is 2.24. The van der Waals surface area contributed by atoms with Crippen molar-refractivity contribution in [3.05, 3.63) is 35.9 Å². The smallest absolute Gasteiger partial charge is 0.407 e. The number of carbonyl (C=O) groups excluding carboxylic acids is 3. The maximum absolute atomic E-state index is 12.4. The van der Waals surface area contributed by atoms with Gasteiger partial charge in [-0.15, -0.1) is 0 Å². The molecule has 1 aromatic carbocycles. The fourth-order valence-electron chi connectivity index (χ4n) is 3.12. The van der Waals surface area contributed by atoms with Crippen LogP contribution >= 0.6 is 0 Å². The van der Waals surface area contributed by atoms with Gasteiger partial charge in [-0.1, -0.05) is 36.8 Å². The molecule has 0 aliphatic carbocycles. The third kappa shape index (κ3) is 12.3. The highest BCUT2D eigenvalue weighted by Crippen LogP contribution is 2.10. The number of ether oxygens (including phenoxy) is 2. The first-order valence-electron chi connectivity index (χ1n) is 11.3. The fourth-order valence-corrected chi connectivity index (χ4v) is 3.12. The molecule has 0 unspecified atom stereocenters. The van der Waals surface area contributed by atoms with E-state index < -0.39 is 29.7 Å². The van der Waals surface area contributed by atoms with Gasteiger partial charge in [-0.3, -0.25) is 4.79 Å². The maximum Gasteiger partial charge on any atom is 0.407 e. The van der Waals surface area contributed by atoms with Crippen molar-refractivity contribution in [3.8, 4) is 0 Å². The van der Waals surface area contributed by atoms with Crippen LogP contribution in [0.25, 0.3) is 0 Å². The van der Waals surface area contributed by atoms with Crippen LogP contribution in [0.3, 0.4) is 0 Å². The number of hydrogen-bond acceptors (Lipinski definition) is 6. The Morgan fingerprint density at radius 1 is 1.00 bits per heavy atom. The van der Waals surface area contributed by atoms with Gasteiger partial charge in [0.25, 0.3) is 0 Å². The predicted molar refractivity (Wildman–Crippen MR) is 124 cm³/mol. The lowest BCUT2D eigenvalue weighted by Gasteiger charge is -2.20. The summed E-state index contributed by atoms with van der Waals surface area (Å²) < 4.78 is 9.99. The Morgan fingerprint density at radius 2 is 1.66 bits per heavy atom. The van der Waals surface area contributed by atoms with Crippen LogP contribution in [-0.4, -0.2) is 49.3 Å². The van der Waals surface area contributed by atoms with Gasteiger partial charge in [0.2, 0.25) is 5.91 Å². The molecule has 0 aliphatic heterocycles. The Morgan fingerprint density at radius 3 is 2.28 bits per heavy atom. The molecule has 1 aromatic rings. The number of aryl methyl sites for hydroxylation is 1. The van der Waals surface area contributed by atoms with Crippen molar-refractivity contribution in [1.82, 2.24) is 10.6 Å². The Hall–Kier alpha value is -2.61. The van der Waals surface area contributed by atoms with Crippen molar-refractivity contribution >= 4 is 18.0 Å². The van der Waals surface area contributed by atoms with E-state index in [0.717, 1.165) is 19.3 Å². The van der Waals surface area contributed by atoms with Crippen LogP contribution in [-0.2, 0) is 25.5 Å². The van der Waals surface area contributed by atoms with Crippen LogP contribution in [0.2, 0.25) is 0 Å². The number of esters is 1. The summed E-state index contributed by atoms with van der Waals surface area (Å²) in [6.07, 6.45) is 4.41. The van der Waals surface area contributed by atoms with Gasteiger partial charge < -0.3 is 25.8 Å². The van der Waals surface area contributed by atoms with Crippen LogP contribution < -0.4 is 16.4 Å². The third-order valence-corrected chi connectivity index (χ3v) is 4.80. The molecule has 0 heterocycles. The minimum absolute atomic E-state index is 0.372. The maximum atomic E-state index is 12.4. The minimum Gasteiger partial charge on any atom is -0.467 e. The summed E-state index contributed by atoms with van der Waals surface area (Å²) >= 11 is 0. The molecule has 2 atom stereocenters. The third-order valence-electron chi connectivity index (χ3n) is 4.80. The van der Waals surface area contributed by atoms with Crippen LogP contribution in [0.5, 0.6) is 0 Å². The molecule has 0 aliphatic rings. The summed E-state index contributed by atoms with van der Waals surface area (Å²) in [5.41, 5.74) is 6.69. The van der Waals surface area contributed by atoms with E-state index in [2.05, 4.69) is 22.8 Å². The second-order valence-electron chi connectivity index (χ2n) is 8.85. The number of rotatable bonds is 13. The summed E-state index contributed by atoms with van der Waals surface area (Å²) in [6, 6.07) is 8.69. The van der Waals surface area contributed by atoms with E-state index in [1.165, 1.54) is 12.7 Å². The molecular formula is C24H39N3O5. The van der Waals surface area contributed by atoms with E-state index in [9.17, 15) is 14.4 Å². The Labute approximate surface area is 191 Å². The molecule has 0 aromatic heterocycles. The lowest BCUT2D eigenvalue weighted by molar-refractivity contribution is -0.145. The van der Waals surface area contributed by atoms with Crippen molar-refractivity contribution in [3.63, 3.8) is 0 Å². The van der Waals surface area contributed by atoms with Gasteiger partial charge in [-0.25, -0.2) is 9.59 Å². The Bertz CT molecular complexity index is 703. The van der Waals surface area contributed by atoms with Crippen molar-refractivity contribution in [2.75, 3.05) is 13.7 Å². The summed E-state index contributed by atoms with van der Waals surface area (Å²) in [6.45, 7) is 5.84. The molecule has 0 radical (unpaired) electrons. The number of methoxy groups -OCH3 is 1. The average Bonchev–Trinajstić information content (AvgIpc) is 2.74. The lowest BCUT2D eigenvalue weighted by atomic mass is 10.0. The van der Waals surface area contributed by atoms with Gasteiger partial charge in [0.05, 0.1) is 13.2 Å². The Kier molecular flexibility index (Phi) is 12.4. The van der Waals surface area contributed by atoms with E-state index in [0.29, 0.717) is 32.2 Å². The van der Waals surface area contributed by atoms with Crippen molar-refractivity contribution < 1.29 is 23.9 Å². The number of nitrogens with two attached hydrogens (primary N) is 1. The molecule has 8 nitrogen and oxygen atoms in total. The van der Waals surface area contributed by atoms with Gasteiger partial charge >= 0.3 is 12.1 Å². The van der Waals surface area contributed by atoms with Gasteiger partial charge in [0.1, 0.15) is 11.6 Å². The van der Waals surface area contributed by atoms with Gasteiger partial charge in [0, 0.05) is 6.54 Å². The molecule has 0 spiro atoms. The number of nitrogens with one attached hydrogen (secondary N) is 2. The average molecular weight is 450 g/mol. The zero-order valence-corrected chi connectivity index (χ0v) is 19.8. The number of benzene rings is 1. The second-order valence-corrected chi connectivity index (χ2v) is 8.85. The Balaban J connectivity index is 2.31. The lowest BCUT2D eigenvalue weighted by Crippen LogP contribution is -2.48. The first kappa shape index (κ1) is 27.4. The van der Waals surface area contributed by atoms with Gasteiger partial charge in [0.15, 0.2) is 0 Å². The van der Waals surface area contributed by atoms with E-state index in [1.807, 2.05) is 18.2 Å². The minimum atomic E-state index is -0.729. The molecule has 0 saturated carbocycles. The van der Waals surface area contributed by atoms with Gasteiger partial charge in [-0.2, -0.15) is 0 Å². The van der Waals surface area contributed by atoms with Crippen molar-refractivity contribution in [1.29, 1.82) is 0 Å². The molecule has 2 amide bonds. The summed E-state index contributed by atoms with van der Waals surface area (Å²) in [5, 5.41) is 5.40. The zero-order valence-electron chi connectivity index (χ0n) is 19.8. The number of amides is 2. The molecule has 0 saturated heterocycles. The van der Waals surface area contributed by atoms with E-state index in [-0.39, 0.29) is 5.91 Å². The predicted octanol–water partition coefficient (Wildman–Crippen LogP) is 3.08. The molecule has 4 N–H and O–H groups in total. The zero-order chi connectivity index (χ0) is 24.0. The SMILES string of the molecule is COC(=O)[C@H](CCCCc1ccccc1)NC(=O)[C@@H](N)CCCCNC(=O)OC(C)(C)C. The summed E-state index contributed by atoms with van der Waals surface area (Å²) in [4.78, 5) is 36.1. The highest BCUT2D eigenvalue weighted by molar-refractivity contribution is 5.87. The molecule has 32 heavy (non-hydrogen) atoms. The van der Waals surface area contributed by atoms with Crippen molar-refractivity contribution in [2.45, 2.75) is 83.4 Å². The number of unbranched alkanes of at least 4 members (excludes halogenated alkanes) is 2. The second kappa shape index (κ2) is 14.5. The number of carbonyl (C=O) groups is 3. The van der Waals surface area contributed by atoms with Crippen LogP contribution in [0.15, 0.2) is 30.3 Å². The van der Waals surface area contributed by atoms with Gasteiger partial charge in [-0.05, 0) is 64.9 Å². The molecular weight excluding hydrogens is 410 g/mol. The summed E-state index contributed by atoms with van der Waals surface area (Å²) in [7, 11) is 1.31. The van der Waals surface area contributed by atoms with E-state index >= 15 is 0 Å². The number of alkyl carbamates (subject to hydrolysis) is 1. The molecule has 0 bridgehead atoms. The normalized spacial score (nSPS) is 13.0. The quantitative estimate of drug-likeness (QED) is 0.314. The first-order chi connectivity index (χ1) is 15.1. The summed E-state index contributed by atoms with van der Waals surface area (Å²) in [5.74, 6) is -0.838. The molecule has 1 rings (SSSR count). The highest BCUT2D eigenvalue weighted by atomic mass is 16.6. The van der Waals surface area contributed by atoms with Crippen LogP contribution in [0.4, 0.5) is 4.79 Å². The fraction of sp³-hybridized carbons (Fsp3) is 0.625. The topological polar surface area (TPSA) is 120 Å².